The predicted molar refractivity (Wildman–Crippen MR) is 64.3 cm³/mol. The second-order valence-electron chi connectivity index (χ2n) is 5.31. The van der Waals surface area contributed by atoms with Gasteiger partial charge in [-0.1, -0.05) is 71.6 Å². The summed E-state index contributed by atoms with van der Waals surface area (Å²) in [6.45, 7) is 4.52. The minimum atomic E-state index is 1.06. The van der Waals surface area contributed by atoms with Crippen molar-refractivity contribution in [2.75, 3.05) is 0 Å². The van der Waals surface area contributed by atoms with Gasteiger partial charge in [0.1, 0.15) is 0 Å². The topological polar surface area (TPSA) is 0 Å². The lowest BCUT2D eigenvalue weighted by Crippen LogP contribution is -2.04. The minimum absolute atomic E-state index is 1.06. The van der Waals surface area contributed by atoms with Gasteiger partial charge >= 0.3 is 0 Å². The number of rotatable bonds is 4. The molecule has 0 atom stereocenters. The minimum Gasteiger partial charge on any atom is -0.0594 e. The molecule has 0 heteroatoms. The molecule has 0 heterocycles. The van der Waals surface area contributed by atoms with Gasteiger partial charge in [-0.2, -0.15) is 0 Å². The molecule has 0 aliphatic heterocycles. The molecular weight excluding hydrogens is 168 g/mol. The van der Waals surface area contributed by atoms with Crippen molar-refractivity contribution in [3.8, 4) is 0 Å². The zero-order valence-corrected chi connectivity index (χ0v) is 10.1. The van der Waals surface area contributed by atoms with E-state index in [1.165, 1.54) is 64.2 Å². The lowest BCUT2D eigenvalue weighted by Gasteiger charge is -2.19. The molecule has 0 unspecified atom stereocenters. The SMILES string of the molecule is C[C](C)CCCC1CCCCCCC1. The maximum Gasteiger partial charge on any atom is -0.0303 e. The van der Waals surface area contributed by atoms with Crippen LogP contribution in [0.5, 0.6) is 0 Å². The van der Waals surface area contributed by atoms with Crippen LogP contribution in [-0.2, 0) is 0 Å². The zero-order valence-electron chi connectivity index (χ0n) is 10.1. The van der Waals surface area contributed by atoms with E-state index in [1.54, 1.807) is 5.92 Å². The van der Waals surface area contributed by atoms with Crippen LogP contribution < -0.4 is 0 Å². The normalized spacial score (nSPS) is 20.8. The fourth-order valence-electron chi connectivity index (χ4n) is 2.57. The molecule has 1 saturated carbocycles. The molecule has 0 saturated heterocycles. The van der Waals surface area contributed by atoms with E-state index >= 15 is 0 Å². The standard InChI is InChI=1S/C14H27/c1-13(2)9-8-12-14-10-6-4-3-5-7-11-14/h14H,3-12H2,1-2H3. The molecule has 0 aromatic rings. The van der Waals surface area contributed by atoms with E-state index in [2.05, 4.69) is 13.8 Å². The van der Waals surface area contributed by atoms with Gasteiger partial charge in [0, 0.05) is 0 Å². The lowest BCUT2D eigenvalue weighted by molar-refractivity contribution is 0.350. The van der Waals surface area contributed by atoms with Crippen molar-refractivity contribution < 1.29 is 0 Å². The van der Waals surface area contributed by atoms with Crippen molar-refractivity contribution >= 4 is 0 Å². The molecule has 1 fully saturated rings. The summed E-state index contributed by atoms with van der Waals surface area (Å²) < 4.78 is 0. The Morgan fingerprint density at radius 1 is 0.929 bits per heavy atom. The highest BCUT2D eigenvalue weighted by Gasteiger charge is 2.10. The Bertz CT molecular complexity index is 118. The Balaban J connectivity index is 2.08. The van der Waals surface area contributed by atoms with Gasteiger partial charge in [0.2, 0.25) is 0 Å². The molecule has 0 bridgehead atoms. The van der Waals surface area contributed by atoms with Crippen LogP contribution in [0.15, 0.2) is 0 Å². The fraction of sp³-hybridized carbons (Fsp3) is 0.929. The first-order chi connectivity index (χ1) is 6.79. The summed E-state index contributed by atoms with van der Waals surface area (Å²) in [5.74, 6) is 2.67. The van der Waals surface area contributed by atoms with Gasteiger partial charge in [-0.25, -0.2) is 0 Å². The summed E-state index contributed by atoms with van der Waals surface area (Å²) >= 11 is 0. The first-order valence-corrected chi connectivity index (χ1v) is 6.58. The Morgan fingerprint density at radius 2 is 1.50 bits per heavy atom. The third-order valence-electron chi connectivity index (χ3n) is 3.51. The molecule has 1 rings (SSSR count). The van der Waals surface area contributed by atoms with Crippen LogP contribution in [0.1, 0.15) is 78.1 Å². The number of hydrogen-bond acceptors (Lipinski definition) is 0. The monoisotopic (exact) mass is 195 g/mol. The zero-order chi connectivity index (χ0) is 10.2. The van der Waals surface area contributed by atoms with Crippen molar-refractivity contribution in [2.24, 2.45) is 5.92 Å². The van der Waals surface area contributed by atoms with Gasteiger partial charge in [-0.3, -0.25) is 0 Å². The number of hydrogen-bond donors (Lipinski definition) is 0. The van der Waals surface area contributed by atoms with Crippen molar-refractivity contribution in [3.63, 3.8) is 0 Å². The molecule has 0 spiro atoms. The van der Waals surface area contributed by atoms with Gasteiger partial charge in [0.25, 0.3) is 0 Å². The fourth-order valence-corrected chi connectivity index (χ4v) is 2.57. The summed E-state index contributed by atoms with van der Waals surface area (Å²) in [6, 6.07) is 0. The Hall–Kier alpha value is 0. The Labute approximate surface area is 90.5 Å². The second-order valence-corrected chi connectivity index (χ2v) is 5.31. The van der Waals surface area contributed by atoms with E-state index in [0.29, 0.717) is 0 Å². The highest BCUT2D eigenvalue weighted by atomic mass is 14.2. The third kappa shape index (κ3) is 5.67. The summed E-state index contributed by atoms with van der Waals surface area (Å²) in [5.41, 5.74) is 0. The first kappa shape index (κ1) is 12.1. The average Bonchev–Trinajstić information content (AvgIpc) is 2.07. The summed E-state index contributed by atoms with van der Waals surface area (Å²) in [6.07, 6.45) is 14.8. The molecular formula is C14H27. The van der Waals surface area contributed by atoms with Gasteiger partial charge < -0.3 is 0 Å². The van der Waals surface area contributed by atoms with Gasteiger partial charge in [-0.15, -0.1) is 0 Å². The van der Waals surface area contributed by atoms with Crippen molar-refractivity contribution in [2.45, 2.75) is 78.1 Å². The van der Waals surface area contributed by atoms with E-state index < -0.39 is 0 Å². The van der Waals surface area contributed by atoms with Crippen LogP contribution in [0, 0.1) is 11.8 Å². The highest BCUT2D eigenvalue weighted by Crippen LogP contribution is 2.26. The van der Waals surface area contributed by atoms with Crippen LogP contribution in [0.3, 0.4) is 0 Å². The predicted octanol–water partition coefficient (Wildman–Crippen LogP) is 5.13. The van der Waals surface area contributed by atoms with Gasteiger partial charge in [0.05, 0.1) is 0 Å². The van der Waals surface area contributed by atoms with Crippen molar-refractivity contribution in [3.05, 3.63) is 5.92 Å². The summed E-state index contributed by atoms with van der Waals surface area (Å²) in [4.78, 5) is 0. The molecule has 0 nitrogen and oxygen atoms in total. The van der Waals surface area contributed by atoms with E-state index in [4.69, 9.17) is 0 Å². The molecule has 83 valence electrons. The van der Waals surface area contributed by atoms with Crippen molar-refractivity contribution in [1.82, 2.24) is 0 Å². The van der Waals surface area contributed by atoms with Gasteiger partial charge in [0.15, 0.2) is 0 Å². The lowest BCUT2D eigenvalue weighted by atomic mass is 9.87. The van der Waals surface area contributed by atoms with Crippen molar-refractivity contribution in [1.29, 1.82) is 0 Å². The molecule has 0 aromatic heterocycles. The molecule has 14 heavy (non-hydrogen) atoms. The van der Waals surface area contributed by atoms with Gasteiger partial charge in [-0.05, 0) is 18.3 Å². The molecule has 1 aliphatic rings. The Morgan fingerprint density at radius 3 is 2.07 bits per heavy atom. The summed E-state index contributed by atoms with van der Waals surface area (Å²) in [5, 5.41) is 0. The maximum atomic E-state index is 2.26. The molecule has 1 radical (unpaired) electrons. The molecule has 0 N–H and O–H groups in total. The Kier molecular flexibility index (Phi) is 6.31. The molecule has 1 aliphatic carbocycles. The largest absolute Gasteiger partial charge is 0.0594 e. The summed E-state index contributed by atoms with van der Waals surface area (Å²) in [7, 11) is 0. The van der Waals surface area contributed by atoms with Crippen LogP contribution in [0.4, 0.5) is 0 Å². The van der Waals surface area contributed by atoms with E-state index in [1.807, 2.05) is 0 Å². The van der Waals surface area contributed by atoms with E-state index in [9.17, 15) is 0 Å². The quantitative estimate of drug-likeness (QED) is 0.583. The van der Waals surface area contributed by atoms with Crippen LogP contribution in [0.25, 0.3) is 0 Å². The molecule has 0 amide bonds. The van der Waals surface area contributed by atoms with Crippen LogP contribution in [0.2, 0.25) is 0 Å². The van der Waals surface area contributed by atoms with E-state index in [0.717, 1.165) is 5.92 Å². The van der Waals surface area contributed by atoms with Crippen LogP contribution >= 0.6 is 0 Å². The smallest absolute Gasteiger partial charge is 0.0303 e. The second kappa shape index (κ2) is 7.31. The maximum absolute atomic E-state index is 2.26. The van der Waals surface area contributed by atoms with E-state index in [-0.39, 0.29) is 0 Å². The highest BCUT2D eigenvalue weighted by molar-refractivity contribution is 4.76. The molecule has 0 aromatic carbocycles. The average molecular weight is 195 g/mol. The first-order valence-electron chi connectivity index (χ1n) is 6.58. The van der Waals surface area contributed by atoms with Crippen LogP contribution in [-0.4, -0.2) is 0 Å². The third-order valence-corrected chi connectivity index (χ3v) is 3.51.